The molecule has 26 heavy (non-hydrogen) atoms. The first-order valence-corrected chi connectivity index (χ1v) is 8.28. The number of aromatic nitrogens is 2. The molecule has 138 valence electrons. The van der Waals surface area contributed by atoms with Gasteiger partial charge in [-0.3, -0.25) is 4.79 Å². The van der Waals surface area contributed by atoms with Gasteiger partial charge in [0.2, 0.25) is 5.95 Å². The standard InChI is InChI=1S/C18H22N4O4/c1-3-26-17(24)14-7-4-5-8-15(14)22-18-20-11-13(12-21-18)16(23)19-9-6-10-25-2/h4-5,7-8,11-12H,3,6,9-10H2,1-2H3,(H,19,23)(H,20,21,22). The van der Waals surface area contributed by atoms with Gasteiger partial charge in [0.05, 0.1) is 23.4 Å². The Morgan fingerprint density at radius 1 is 1.15 bits per heavy atom. The van der Waals surface area contributed by atoms with Crippen molar-refractivity contribution in [1.29, 1.82) is 0 Å². The molecule has 1 amide bonds. The van der Waals surface area contributed by atoms with Crippen LogP contribution in [0.4, 0.5) is 11.6 Å². The SMILES string of the molecule is CCOC(=O)c1ccccc1Nc1ncc(C(=O)NCCCOC)cn1. The average molecular weight is 358 g/mol. The minimum atomic E-state index is -0.428. The molecule has 0 unspecified atom stereocenters. The number of nitrogens with one attached hydrogen (secondary N) is 2. The molecular formula is C18H22N4O4. The molecule has 0 saturated heterocycles. The van der Waals surface area contributed by atoms with Crippen LogP contribution < -0.4 is 10.6 Å². The molecule has 2 N–H and O–H groups in total. The zero-order chi connectivity index (χ0) is 18.8. The summed E-state index contributed by atoms with van der Waals surface area (Å²) in [6.07, 6.45) is 3.58. The summed E-state index contributed by atoms with van der Waals surface area (Å²) in [5.74, 6) is -0.403. The number of hydrogen-bond donors (Lipinski definition) is 2. The molecular weight excluding hydrogens is 336 g/mol. The first kappa shape index (κ1) is 19.3. The van der Waals surface area contributed by atoms with Crippen molar-refractivity contribution in [3.8, 4) is 0 Å². The maximum Gasteiger partial charge on any atom is 0.340 e. The van der Waals surface area contributed by atoms with E-state index in [1.54, 1.807) is 38.3 Å². The summed E-state index contributed by atoms with van der Waals surface area (Å²) in [6.45, 7) is 3.13. The third-order valence-corrected chi connectivity index (χ3v) is 3.39. The van der Waals surface area contributed by atoms with E-state index in [1.807, 2.05) is 0 Å². The van der Waals surface area contributed by atoms with E-state index in [4.69, 9.17) is 9.47 Å². The lowest BCUT2D eigenvalue weighted by Gasteiger charge is -2.10. The summed E-state index contributed by atoms with van der Waals surface area (Å²) in [6, 6.07) is 6.91. The van der Waals surface area contributed by atoms with E-state index < -0.39 is 5.97 Å². The van der Waals surface area contributed by atoms with Crippen LogP contribution in [-0.4, -0.2) is 48.7 Å². The number of para-hydroxylation sites is 1. The summed E-state index contributed by atoms with van der Waals surface area (Å²) in [4.78, 5) is 32.2. The van der Waals surface area contributed by atoms with Crippen LogP contribution in [0, 0.1) is 0 Å². The van der Waals surface area contributed by atoms with E-state index in [1.165, 1.54) is 12.4 Å². The molecule has 8 nitrogen and oxygen atoms in total. The minimum absolute atomic E-state index is 0.250. The lowest BCUT2D eigenvalue weighted by Crippen LogP contribution is -2.25. The molecule has 0 saturated carbocycles. The maximum absolute atomic E-state index is 12.0. The Labute approximate surface area is 151 Å². The van der Waals surface area contributed by atoms with Crippen molar-refractivity contribution >= 4 is 23.5 Å². The highest BCUT2D eigenvalue weighted by Crippen LogP contribution is 2.19. The van der Waals surface area contributed by atoms with Gasteiger partial charge in [-0.15, -0.1) is 0 Å². The Kier molecular flexibility index (Phi) is 7.50. The highest BCUT2D eigenvalue weighted by molar-refractivity contribution is 5.96. The summed E-state index contributed by atoms with van der Waals surface area (Å²) < 4.78 is 9.96. The van der Waals surface area contributed by atoms with Crippen molar-refractivity contribution in [2.75, 3.05) is 32.2 Å². The number of rotatable bonds is 9. The van der Waals surface area contributed by atoms with Gasteiger partial charge in [-0.05, 0) is 25.5 Å². The second-order valence-corrected chi connectivity index (χ2v) is 5.29. The Bertz CT molecular complexity index is 734. The number of methoxy groups -OCH3 is 1. The van der Waals surface area contributed by atoms with Crippen LogP contribution in [0.3, 0.4) is 0 Å². The number of amides is 1. The van der Waals surface area contributed by atoms with E-state index >= 15 is 0 Å². The van der Waals surface area contributed by atoms with E-state index in [-0.39, 0.29) is 18.5 Å². The van der Waals surface area contributed by atoms with Gasteiger partial charge < -0.3 is 20.1 Å². The van der Waals surface area contributed by atoms with E-state index in [9.17, 15) is 9.59 Å². The summed E-state index contributed by atoms with van der Waals surface area (Å²) in [5.41, 5.74) is 1.27. The fourth-order valence-electron chi connectivity index (χ4n) is 2.13. The van der Waals surface area contributed by atoms with Crippen LogP contribution in [0.15, 0.2) is 36.7 Å². The third-order valence-electron chi connectivity index (χ3n) is 3.39. The number of esters is 1. The lowest BCUT2D eigenvalue weighted by atomic mass is 10.2. The first-order valence-electron chi connectivity index (χ1n) is 8.28. The fourth-order valence-corrected chi connectivity index (χ4v) is 2.13. The third kappa shape index (κ3) is 5.52. The largest absolute Gasteiger partial charge is 0.462 e. The van der Waals surface area contributed by atoms with Crippen LogP contribution in [0.2, 0.25) is 0 Å². The molecule has 0 aliphatic rings. The van der Waals surface area contributed by atoms with Crippen molar-refractivity contribution in [3.05, 3.63) is 47.8 Å². The predicted molar refractivity (Wildman–Crippen MR) is 96.5 cm³/mol. The number of nitrogens with zero attached hydrogens (tertiary/aromatic N) is 2. The summed E-state index contributed by atoms with van der Waals surface area (Å²) in [7, 11) is 1.61. The van der Waals surface area contributed by atoms with E-state index in [2.05, 4.69) is 20.6 Å². The summed E-state index contributed by atoms with van der Waals surface area (Å²) >= 11 is 0. The van der Waals surface area contributed by atoms with Crippen LogP contribution in [0.5, 0.6) is 0 Å². The van der Waals surface area contributed by atoms with Crippen molar-refractivity contribution in [2.24, 2.45) is 0 Å². The van der Waals surface area contributed by atoms with Gasteiger partial charge >= 0.3 is 5.97 Å². The molecule has 0 fully saturated rings. The number of carbonyl (C=O) groups is 2. The molecule has 1 aromatic carbocycles. The topological polar surface area (TPSA) is 102 Å². The molecule has 0 aliphatic heterocycles. The molecule has 0 aliphatic carbocycles. The van der Waals surface area contributed by atoms with E-state index in [0.717, 1.165) is 6.42 Å². The van der Waals surface area contributed by atoms with E-state index in [0.29, 0.717) is 30.0 Å². The molecule has 0 spiro atoms. The molecule has 2 rings (SSSR count). The monoisotopic (exact) mass is 358 g/mol. The second kappa shape index (κ2) is 10.1. The van der Waals surface area contributed by atoms with Crippen LogP contribution in [-0.2, 0) is 9.47 Å². The molecule has 8 heteroatoms. The van der Waals surface area contributed by atoms with Crippen molar-refractivity contribution < 1.29 is 19.1 Å². The maximum atomic E-state index is 12.0. The van der Waals surface area contributed by atoms with Gasteiger partial charge in [-0.25, -0.2) is 14.8 Å². The van der Waals surface area contributed by atoms with Gasteiger partial charge in [0.15, 0.2) is 0 Å². The Morgan fingerprint density at radius 3 is 2.58 bits per heavy atom. The lowest BCUT2D eigenvalue weighted by molar-refractivity contribution is 0.0527. The van der Waals surface area contributed by atoms with Gasteiger partial charge in [-0.2, -0.15) is 0 Å². The highest BCUT2D eigenvalue weighted by atomic mass is 16.5. The number of hydrogen-bond acceptors (Lipinski definition) is 7. The zero-order valence-electron chi connectivity index (χ0n) is 14.8. The zero-order valence-corrected chi connectivity index (χ0v) is 14.8. The molecule has 0 radical (unpaired) electrons. The number of benzene rings is 1. The summed E-state index contributed by atoms with van der Waals surface area (Å²) in [5, 5.41) is 5.73. The number of carbonyl (C=O) groups excluding carboxylic acids is 2. The Balaban J connectivity index is 2.01. The predicted octanol–water partition coefficient (Wildman–Crippen LogP) is 2.16. The molecule has 1 heterocycles. The quantitative estimate of drug-likeness (QED) is 0.523. The van der Waals surface area contributed by atoms with Crippen LogP contribution in [0.1, 0.15) is 34.1 Å². The van der Waals surface area contributed by atoms with Crippen molar-refractivity contribution in [3.63, 3.8) is 0 Å². The highest BCUT2D eigenvalue weighted by Gasteiger charge is 2.13. The average Bonchev–Trinajstić information content (AvgIpc) is 2.66. The van der Waals surface area contributed by atoms with Crippen molar-refractivity contribution in [2.45, 2.75) is 13.3 Å². The Morgan fingerprint density at radius 2 is 1.88 bits per heavy atom. The molecule has 1 aromatic heterocycles. The smallest absolute Gasteiger partial charge is 0.340 e. The Hall–Kier alpha value is -3.00. The van der Waals surface area contributed by atoms with Crippen molar-refractivity contribution in [1.82, 2.24) is 15.3 Å². The molecule has 2 aromatic rings. The van der Waals surface area contributed by atoms with Gasteiger partial charge in [0, 0.05) is 32.7 Å². The molecule has 0 bridgehead atoms. The number of anilines is 2. The first-order chi connectivity index (χ1) is 12.7. The normalized spacial score (nSPS) is 10.2. The van der Waals surface area contributed by atoms with Gasteiger partial charge in [0.1, 0.15) is 0 Å². The van der Waals surface area contributed by atoms with Gasteiger partial charge in [-0.1, -0.05) is 12.1 Å². The second-order valence-electron chi connectivity index (χ2n) is 5.29. The van der Waals surface area contributed by atoms with Crippen LogP contribution >= 0.6 is 0 Å². The van der Waals surface area contributed by atoms with Crippen LogP contribution in [0.25, 0.3) is 0 Å². The van der Waals surface area contributed by atoms with Gasteiger partial charge in [0.25, 0.3) is 5.91 Å². The minimum Gasteiger partial charge on any atom is -0.462 e. The molecule has 0 atom stereocenters. The number of ether oxygens (including phenoxy) is 2. The fraction of sp³-hybridized carbons (Fsp3) is 0.333.